The van der Waals surface area contributed by atoms with Gasteiger partial charge in [-0.15, -0.1) is 0 Å². The molecule has 5 heterocycles. The number of nitrogens with zero attached hydrogens (tertiary/aromatic N) is 5. The van der Waals surface area contributed by atoms with E-state index in [2.05, 4.69) is 32.8 Å². The maximum Gasteiger partial charge on any atom is 0.540 e. The standard InChI is InChI=1S/C20H27N8O10PS/c1-34-16-15(10(5-29)37-19(16)27-3-2-12(31)25-20(27)32)38-39(33,26-40)35-6-11-9(30)4-13(36-11)28-8-24-14-17(21)22-7-23-18(14)28/h2-3,7-11,13,15-16,19,29-30,40H,4-6H2,1H3,(H,26,33)(H2,21,22,23)(H,25,31,32)/p+1/t9?,10-,11-,13-,15?,16+,19-,39?/m1/s1. The molecule has 0 radical (unpaired) electrons. The molecule has 8 atom stereocenters. The summed E-state index contributed by atoms with van der Waals surface area (Å²) in [5.41, 5.74) is 5.25. The second kappa shape index (κ2) is 11.6. The Morgan fingerprint density at radius 3 is 2.75 bits per heavy atom. The van der Waals surface area contributed by atoms with Crippen LogP contribution in [0.2, 0.25) is 0 Å². The average molecular weight is 604 g/mol. The Morgan fingerprint density at radius 1 is 1.25 bits per heavy atom. The fourth-order valence-corrected chi connectivity index (χ4v) is 6.13. The van der Waals surface area contributed by atoms with Crippen molar-refractivity contribution >= 4 is 37.5 Å². The minimum Gasteiger partial charge on any atom is -0.394 e. The first-order chi connectivity index (χ1) is 19.2. The molecule has 18 nitrogen and oxygen atoms in total. The summed E-state index contributed by atoms with van der Waals surface area (Å²) in [5.74, 6) is 0.198. The molecule has 2 aliphatic rings. The van der Waals surface area contributed by atoms with E-state index >= 15 is 0 Å². The molecule has 0 aliphatic carbocycles. The van der Waals surface area contributed by atoms with Crippen LogP contribution in [-0.2, 0) is 27.8 Å². The number of anilines is 1. The number of aliphatic hydroxyl groups is 2. The van der Waals surface area contributed by atoms with Crippen molar-refractivity contribution in [2.24, 2.45) is 0 Å². The topological polar surface area (TPSA) is 245 Å². The first kappa shape index (κ1) is 28.8. The number of hydrogen-bond donors (Lipinski definition) is 6. The molecular weight excluding hydrogens is 575 g/mol. The number of methoxy groups -OCH3 is 1. The fourth-order valence-electron chi connectivity index (χ4n) is 4.64. The van der Waals surface area contributed by atoms with Crippen LogP contribution in [0.1, 0.15) is 18.9 Å². The summed E-state index contributed by atoms with van der Waals surface area (Å²) in [7, 11) is -2.81. The van der Waals surface area contributed by atoms with Gasteiger partial charge in [0.25, 0.3) is 5.56 Å². The van der Waals surface area contributed by atoms with Crippen molar-refractivity contribution in [2.75, 3.05) is 26.1 Å². The molecule has 3 aromatic rings. The summed E-state index contributed by atoms with van der Waals surface area (Å²) >= 11 is 4.01. The van der Waals surface area contributed by atoms with E-state index in [4.69, 9.17) is 29.0 Å². The molecule has 3 aromatic heterocycles. The lowest BCUT2D eigenvalue weighted by atomic mass is 10.1. The van der Waals surface area contributed by atoms with E-state index in [0.717, 1.165) is 15.1 Å². The normalized spacial score (nSPS) is 30.1. The third kappa shape index (κ3) is 5.45. The Hall–Kier alpha value is -2.71. The van der Waals surface area contributed by atoms with E-state index in [9.17, 15) is 24.4 Å². The number of imidazole rings is 1. The Bertz CT molecular complexity index is 1520. The van der Waals surface area contributed by atoms with E-state index in [1.807, 2.05) is 0 Å². The zero-order valence-corrected chi connectivity index (χ0v) is 22.7. The van der Waals surface area contributed by atoms with Gasteiger partial charge in [0.2, 0.25) is 0 Å². The number of aromatic amines is 1. The fraction of sp³-hybridized carbons (Fsp3) is 0.550. The Kier molecular flexibility index (Phi) is 8.39. The van der Waals surface area contributed by atoms with Crippen LogP contribution in [0.4, 0.5) is 5.82 Å². The predicted octanol–water partition coefficient (Wildman–Crippen LogP) is -2.57. The number of quaternary nitrogens is 1. The number of nitrogens with one attached hydrogen (secondary N) is 1. The van der Waals surface area contributed by atoms with Gasteiger partial charge in [-0.3, -0.25) is 28.0 Å². The Morgan fingerprint density at radius 2 is 2.05 bits per heavy atom. The summed E-state index contributed by atoms with van der Waals surface area (Å²) in [6.07, 6.45) is -2.91. The van der Waals surface area contributed by atoms with Gasteiger partial charge in [-0.05, 0) is 0 Å². The van der Waals surface area contributed by atoms with Crippen molar-refractivity contribution in [3.63, 3.8) is 0 Å². The van der Waals surface area contributed by atoms with Gasteiger partial charge in [-0.1, -0.05) is 0 Å². The molecule has 2 saturated heterocycles. The van der Waals surface area contributed by atoms with Crippen LogP contribution >= 0.6 is 20.6 Å². The number of nitrogen functional groups attached to an aromatic ring is 1. The van der Waals surface area contributed by atoms with E-state index in [-0.39, 0.29) is 18.8 Å². The molecule has 0 spiro atoms. The van der Waals surface area contributed by atoms with Gasteiger partial charge in [0.05, 0.1) is 38.5 Å². The maximum absolute atomic E-state index is 13.5. The molecule has 0 saturated carbocycles. The van der Waals surface area contributed by atoms with E-state index < -0.39 is 68.6 Å². The zero-order chi connectivity index (χ0) is 28.6. The van der Waals surface area contributed by atoms with Gasteiger partial charge in [0.15, 0.2) is 17.7 Å². The van der Waals surface area contributed by atoms with Crippen LogP contribution in [-0.4, -0.2) is 90.1 Å². The summed E-state index contributed by atoms with van der Waals surface area (Å²) in [4.78, 5) is 38.2. The first-order valence-corrected chi connectivity index (χ1v) is 14.1. The van der Waals surface area contributed by atoms with Crippen LogP contribution in [0.3, 0.4) is 0 Å². The molecule has 2 fully saturated rings. The highest BCUT2D eigenvalue weighted by molar-refractivity contribution is 7.77. The van der Waals surface area contributed by atoms with Crippen molar-refractivity contribution in [2.45, 2.75) is 49.4 Å². The average Bonchev–Trinajstić information content (AvgIpc) is 3.62. The highest BCUT2D eigenvalue weighted by Gasteiger charge is 2.52. The molecule has 3 unspecified atom stereocenters. The summed E-state index contributed by atoms with van der Waals surface area (Å²) in [6, 6.07) is 1.11. The van der Waals surface area contributed by atoms with Crippen molar-refractivity contribution in [3.05, 3.63) is 45.8 Å². The number of ether oxygens (including phenoxy) is 3. The quantitative estimate of drug-likeness (QED) is 0.103. The minimum atomic E-state index is -4.12. The number of rotatable bonds is 10. The molecule has 0 amide bonds. The highest BCUT2D eigenvalue weighted by atomic mass is 32.1. The molecule has 7 N–H and O–H groups in total. The van der Waals surface area contributed by atoms with Crippen LogP contribution in [0.15, 0.2) is 34.5 Å². The number of thiol groups is 1. The van der Waals surface area contributed by atoms with E-state index in [0.29, 0.717) is 11.2 Å². The number of nitrogens with two attached hydrogens (primary N) is 2. The number of fused-ring (bicyclic) bond motifs is 1. The lowest BCUT2D eigenvalue weighted by molar-refractivity contribution is -0.337. The Labute approximate surface area is 230 Å². The van der Waals surface area contributed by atoms with Gasteiger partial charge in [0.1, 0.15) is 42.5 Å². The molecular formula is C20H28N8O10PS+. The molecule has 0 aromatic carbocycles. The van der Waals surface area contributed by atoms with Crippen LogP contribution in [0.25, 0.3) is 11.2 Å². The van der Waals surface area contributed by atoms with Crippen LogP contribution < -0.4 is 21.5 Å². The van der Waals surface area contributed by atoms with Crippen molar-refractivity contribution in [1.82, 2.24) is 29.1 Å². The third-order valence-corrected chi connectivity index (χ3v) is 8.77. The largest absolute Gasteiger partial charge is 0.540 e. The van der Waals surface area contributed by atoms with E-state index in [1.165, 1.54) is 26.0 Å². The number of hydrogen-bond acceptors (Lipinski definition) is 15. The van der Waals surface area contributed by atoms with Gasteiger partial charge in [-0.25, -0.2) is 28.8 Å². The zero-order valence-electron chi connectivity index (χ0n) is 20.9. The van der Waals surface area contributed by atoms with Crippen molar-refractivity contribution in [3.8, 4) is 0 Å². The van der Waals surface area contributed by atoms with E-state index in [1.54, 1.807) is 4.57 Å². The van der Waals surface area contributed by atoms with Crippen molar-refractivity contribution in [1.29, 1.82) is 0 Å². The summed E-state index contributed by atoms with van der Waals surface area (Å²) in [6.45, 7) is -0.932. The number of aromatic nitrogens is 6. The lowest BCUT2D eigenvalue weighted by Crippen LogP contribution is -2.68. The molecule has 218 valence electrons. The molecule has 5 rings (SSSR count). The van der Waals surface area contributed by atoms with Crippen LogP contribution in [0.5, 0.6) is 0 Å². The van der Waals surface area contributed by atoms with Crippen molar-refractivity contribution < 1.29 is 42.5 Å². The predicted molar refractivity (Wildman–Crippen MR) is 137 cm³/mol. The highest BCUT2D eigenvalue weighted by Crippen LogP contribution is 2.46. The molecule has 40 heavy (non-hydrogen) atoms. The SMILES string of the molecule is CO[C@H]1C(OP(=O)([NH2+]S)OC[C@H]2O[C@@H](n3cnc4c(N)ncnc43)CC2O)[C@@H](CO)O[C@H]1n1ccc(=O)[nH]c1=O. The monoisotopic (exact) mass is 603 g/mol. The summed E-state index contributed by atoms with van der Waals surface area (Å²) in [5, 5.41) is 20.5. The molecule has 20 heteroatoms. The maximum atomic E-state index is 13.5. The minimum absolute atomic E-state index is 0.156. The number of H-pyrrole nitrogens is 1. The number of aliphatic hydroxyl groups excluding tert-OH is 2. The second-order valence-corrected chi connectivity index (χ2v) is 11.5. The van der Waals surface area contributed by atoms with Crippen LogP contribution in [0, 0.1) is 0 Å². The lowest BCUT2D eigenvalue weighted by Gasteiger charge is -2.25. The van der Waals surface area contributed by atoms with Gasteiger partial charge in [-0.2, -0.15) is 0 Å². The molecule has 0 bridgehead atoms. The third-order valence-electron chi connectivity index (χ3n) is 6.59. The summed E-state index contributed by atoms with van der Waals surface area (Å²) < 4.78 is 45.6. The Balaban J connectivity index is 1.28. The smallest absolute Gasteiger partial charge is 0.394 e. The van der Waals surface area contributed by atoms with Gasteiger partial charge in [0, 0.05) is 25.8 Å². The van der Waals surface area contributed by atoms with Gasteiger partial charge < -0.3 is 30.2 Å². The van der Waals surface area contributed by atoms with Gasteiger partial charge >= 0.3 is 13.4 Å². The second-order valence-electron chi connectivity index (χ2n) is 9.00. The first-order valence-electron chi connectivity index (χ1n) is 12.0. The molecule has 2 aliphatic heterocycles.